The average Bonchev–Trinajstić information content (AvgIpc) is 2.39. The summed E-state index contributed by atoms with van der Waals surface area (Å²) in [7, 11) is 2.32. The number of hydrogen-bond donors (Lipinski definition) is 1. The van der Waals surface area contributed by atoms with Gasteiger partial charge in [0, 0.05) is 24.7 Å². The summed E-state index contributed by atoms with van der Waals surface area (Å²) in [5.74, 6) is 0. The van der Waals surface area contributed by atoms with Crippen LogP contribution in [0.5, 0.6) is 0 Å². The number of rotatable bonds is 7. The number of nitrogens with one attached hydrogen (secondary N) is 1. The smallest absolute Gasteiger partial charge is 0.0192 e. The molecule has 114 valence electrons. The van der Waals surface area contributed by atoms with Gasteiger partial charge in [0.2, 0.25) is 0 Å². The third kappa shape index (κ3) is 5.43. The van der Waals surface area contributed by atoms with Crippen LogP contribution >= 0.6 is 0 Å². The maximum atomic E-state index is 3.71. The van der Waals surface area contributed by atoms with E-state index in [1.807, 2.05) is 0 Å². The minimum Gasteiger partial charge on any atom is -0.312 e. The van der Waals surface area contributed by atoms with Crippen LogP contribution in [0, 0.1) is 5.41 Å². The van der Waals surface area contributed by atoms with Gasteiger partial charge in [0.05, 0.1) is 0 Å². The SMILES string of the molecule is CCC(CC)NCC(C)N(C)C1CCC(C)(C)CC1. The van der Waals surface area contributed by atoms with Crippen molar-refractivity contribution in [1.29, 1.82) is 0 Å². The van der Waals surface area contributed by atoms with E-state index >= 15 is 0 Å². The van der Waals surface area contributed by atoms with Crippen molar-refractivity contribution in [2.75, 3.05) is 13.6 Å². The summed E-state index contributed by atoms with van der Waals surface area (Å²) in [5, 5.41) is 3.71. The summed E-state index contributed by atoms with van der Waals surface area (Å²) in [6.07, 6.45) is 8.00. The molecule has 0 aromatic rings. The highest BCUT2D eigenvalue weighted by Crippen LogP contribution is 2.36. The van der Waals surface area contributed by atoms with Gasteiger partial charge in [0.25, 0.3) is 0 Å². The first kappa shape index (κ1) is 17.0. The molecule has 0 bridgehead atoms. The zero-order valence-corrected chi connectivity index (χ0v) is 14.1. The summed E-state index contributed by atoms with van der Waals surface area (Å²) in [6.45, 7) is 12.9. The lowest BCUT2D eigenvalue weighted by Crippen LogP contribution is -2.47. The number of likely N-dealkylation sites (N-methyl/N-ethyl adjacent to an activating group) is 1. The monoisotopic (exact) mass is 268 g/mol. The molecule has 1 saturated carbocycles. The molecule has 1 N–H and O–H groups in total. The Bertz CT molecular complexity index is 236. The van der Waals surface area contributed by atoms with Crippen LogP contribution in [0.4, 0.5) is 0 Å². The molecule has 19 heavy (non-hydrogen) atoms. The molecule has 1 atom stereocenters. The van der Waals surface area contributed by atoms with E-state index in [1.54, 1.807) is 0 Å². The van der Waals surface area contributed by atoms with Crippen LogP contribution in [0.1, 0.15) is 73.1 Å². The van der Waals surface area contributed by atoms with Crippen molar-refractivity contribution in [3.63, 3.8) is 0 Å². The van der Waals surface area contributed by atoms with Gasteiger partial charge in [-0.2, -0.15) is 0 Å². The first-order valence-electron chi connectivity index (χ1n) is 8.35. The number of hydrogen-bond acceptors (Lipinski definition) is 2. The minimum absolute atomic E-state index is 0.578. The van der Waals surface area contributed by atoms with Crippen molar-refractivity contribution in [3.05, 3.63) is 0 Å². The van der Waals surface area contributed by atoms with Crippen LogP contribution in [-0.4, -0.2) is 36.6 Å². The second-order valence-corrected chi connectivity index (χ2v) is 7.33. The molecule has 0 radical (unpaired) electrons. The molecule has 0 amide bonds. The van der Waals surface area contributed by atoms with E-state index in [0.717, 1.165) is 12.6 Å². The fourth-order valence-electron chi connectivity index (χ4n) is 3.21. The lowest BCUT2D eigenvalue weighted by atomic mass is 9.75. The standard InChI is InChI=1S/C17H36N2/c1-7-15(8-2)18-13-14(3)19(6)16-9-11-17(4,5)12-10-16/h14-16,18H,7-13H2,1-6H3. The molecule has 1 aliphatic carbocycles. The van der Waals surface area contributed by atoms with Crippen LogP contribution < -0.4 is 5.32 Å². The molecule has 1 unspecified atom stereocenters. The maximum Gasteiger partial charge on any atom is 0.0192 e. The van der Waals surface area contributed by atoms with Crippen molar-refractivity contribution >= 4 is 0 Å². The molecule has 0 aliphatic heterocycles. The molecule has 0 saturated heterocycles. The van der Waals surface area contributed by atoms with E-state index in [0.29, 0.717) is 17.5 Å². The van der Waals surface area contributed by atoms with Crippen LogP contribution in [0.3, 0.4) is 0 Å². The van der Waals surface area contributed by atoms with Crippen LogP contribution in [0.15, 0.2) is 0 Å². The Morgan fingerprint density at radius 2 is 1.68 bits per heavy atom. The highest BCUT2D eigenvalue weighted by molar-refractivity contribution is 4.85. The molecular weight excluding hydrogens is 232 g/mol. The third-order valence-corrected chi connectivity index (χ3v) is 5.27. The third-order valence-electron chi connectivity index (χ3n) is 5.27. The Morgan fingerprint density at radius 1 is 1.16 bits per heavy atom. The summed E-state index contributed by atoms with van der Waals surface area (Å²) >= 11 is 0. The molecule has 0 spiro atoms. The van der Waals surface area contributed by atoms with E-state index in [9.17, 15) is 0 Å². The molecule has 2 heteroatoms. The quantitative estimate of drug-likeness (QED) is 0.749. The van der Waals surface area contributed by atoms with Gasteiger partial charge in [-0.3, -0.25) is 4.90 Å². The summed E-state index contributed by atoms with van der Waals surface area (Å²) in [4.78, 5) is 2.62. The van der Waals surface area contributed by atoms with Gasteiger partial charge in [-0.25, -0.2) is 0 Å². The summed E-state index contributed by atoms with van der Waals surface area (Å²) < 4.78 is 0. The lowest BCUT2D eigenvalue weighted by Gasteiger charge is -2.41. The summed E-state index contributed by atoms with van der Waals surface area (Å²) in [5.41, 5.74) is 0.578. The molecule has 2 nitrogen and oxygen atoms in total. The largest absolute Gasteiger partial charge is 0.312 e. The molecule has 0 aromatic heterocycles. The average molecular weight is 268 g/mol. The zero-order chi connectivity index (χ0) is 14.5. The van der Waals surface area contributed by atoms with E-state index in [-0.39, 0.29) is 0 Å². The second-order valence-electron chi connectivity index (χ2n) is 7.33. The maximum absolute atomic E-state index is 3.71. The van der Waals surface area contributed by atoms with Gasteiger partial charge in [0.15, 0.2) is 0 Å². The molecule has 0 aromatic carbocycles. The van der Waals surface area contributed by atoms with Gasteiger partial charge in [-0.15, -0.1) is 0 Å². The van der Waals surface area contributed by atoms with Gasteiger partial charge in [-0.1, -0.05) is 27.7 Å². The molecule has 1 aliphatic rings. The Hall–Kier alpha value is -0.0800. The highest BCUT2D eigenvalue weighted by Gasteiger charge is 2.30. The second kappa shape index (κ2) is 7.64. The first-order valence-corrected chi connectivity index (χ1v) is 8.35. The van der Waals surface area contributed by atoms with Crippen LogP contribution in [0.2, 0.25) is 0 Å². The topological polar surface area (TPSA) is 15.3 Å². The fourth-order valence-corrected chi connectivity index (χ4v) is 3.21. The van der Waals surface area contributed by atoms with E-state index < -0.39 is 0 Å². The van der Waals surface area contributed by atoms with Crippen molar-refractivity contribution in [3.8, 4) is 0 Å². The molecular formula is C17H36N2. The van der Waals surface area contributed by atoms with E-state index in [2.05, 4.69) is 51.9 Å². The number of nitrogens with zero attached hydrogens (tertiary/aromatic N) is 1. The Labute approximate surface area is 121 Å². The predicted molar refractivity (Wildman–Crippen MR) is 85.6 cm³/mol. The molecule has 0 heterocycles. The van der Waals surface area contributed by atoms with Gasteiger partial charge in [0.1, 0.15) is 0 Å². The van der Waals surface area contributed by atoms with Crippen LogP contribution in [0.25, 0.3) is 0 Å². The molecule has 1 fully saturated rings. The Morgan fingerprint density at radius 3 is 2.16 bits per heavy atom. The van der Waals surface area contributed by atoms with E-state index in [4.69, 9.17) is 0 Å². The fraction of sp³-hybridized carbons (Fsp3) is 1.00. The normalized spacial score (nSPS) is 22.1. The minimum atomic E-state index is 0.578. The van der Waals surface area contributed by atoms with Crippen molar-refractivity contribution in [1.82, 2.24) is 10.2 Å². The van der Waals surface area contributed by atoms with Crippen molar-refractivity contribution in [2.45, 2.75) is 91.3 Å². The van der Waals surface area contributed by atoms with Gasteiger partial charge in [-0.05, 0) is 57.9 Å². The summed E-state index contributed by atoms with van der Waals surface area (Å²) in [6, 6.07) is 2.14. The lowest BCUT2D eigenvalue weighted by molar-refractivity contribution is 0.0983. The van der Waals surface area contributed by atoms with Crippen molar-refractivity contribution in [2.24, 2.45) is 5.41 Å². The Balaban J connectivity index is 2.34. The zero-order valence-electron chi connectivity index (χ0n) is 14.1. The highest BCUT2D eigenvalue weighted by atomic mass is 15.2. The van der Waals surface area contributed by atoms with Gasteiger partial charge < -0.3 is 5.32 Å². The first-order chi connectivity index (χ1) is 8.89. The van der Waals surface area contributed by atoms with Crippen LogP contribution in [-0.2, 0) is 0 Å². The predicted octanol–water partition coefficient (Wildman–Crippen LogP) is 4.05. The molecule has 1 rings (SSSR count). The Kier molecular flexibility index (Phi) is 6.82. The van der Waals surface area contributed by atoms with Gasteiger partial charge >= 0.3 is 0 Å². The van der Waals surface area contributed by atoms with E-state index in [1.165, 1.54) is 38.5 Å². The van der Waals surface area contributed by atoms with Crippen molar-refractivity contribution < 1.29 is 0 Å².